The van der Waals surface area contributed by atoms with E-state index in [4.69, 9.17) is 0 Å². The zero-order chi connectivity index (χ0) is 10.7. The Balaban J connectivity index is 2.19. The topological polar surface area (TPSA) is 23.8 Å². The largest absolute Gasteiger partial charge is 0.198 e. The average molecular weight is 199 g/mol. The van der Waals surface area contributed by atoms with Gasteiger partial charge in [0, 0.05) is 0 Å². The van der Waals surface area contributed by atoms with Crippen molar-refractivity contribution in [2.75, 3.05) is 0 Å². The van der Waals surface area contributed by atoms with Gasteiger partial charge in [-0.05, 0) is 30.4 Å². The standard InChI is InChI=1S/C14H17N/c1-2-3-8-14(11-15)9-12-6-4-5-7-13(12)10-14/h4-7H,2-3,8-10H2,1H3. The highest BCUT2D eigenvalue weighted by Gasteiger charge is 2.36. The third kappa shape index (κ3) is 1.90. The van der Waals surface area contributed by atoms with Gasteiger partial charge in [0.15, 0.2) is 0 Å². The van der Waals surface area contributed by atoms with Crippen LogP contribution in [0, 0.1) is 16.7 Å². The van der Waals surface area contributed by atoms with Gasteiger partial charge < -0.3 is 0 Å². The maximum Gasteiger partial charge on any atom is 0.0696 e. The molecule has 0 fully saturated rings. The molecule has 0 spiro atoms. The lowest BCUT2D eigenvalue weighted by atomic mass is 9.81. The molecule has 0 unspecified atom stereocenters. The molecular formula is C14H17N. The van der Waals surface area contributed by atoms with Gasteiger partial charge in [0.2, 0.25) is 0 Å². The van der Waals surface area contributed by atoms with Crippen LogP contribution >= 0.6 is 0 Å². The molecule has 0 saturated heterocycles. The second kappa shape index (κ2) is 4.06. The van der Waals surface area contributed by atoms with E-state index < -0.39 is 0 Å². The van der Waals surface area contributed by atoms with E-state index >= 15 is 0 Å². The molecule has 1 nitrogen and oxygen atoms in total. The van der Waals surface area contributed by atoms with Crippen molar-refractivity contribution < 1.29 is 0 Å². The van der Waals surface area contributed by atoms with Crippen LogP contribution in [-0.4, -0.2) is 0 Å². The molecule has 1 aliphatic carbocycles. The van der Waals surface area contributed by atoms with Gasteiger partial charge in [-0.25, -0.2) is 0 Å². The maximum absolute atomic E-state index is 9.37. The minimum atomic E-state index is -0.0975. The molecule has 0 amide bonds. The Morgan fingerprint density at radius 3 is 2.33 bits per heavy atom. The molecule has 15 heavy (non-hydrogen) atoms. The van der Waals surface area contributed by atoms with Crippen LogP contribution in [-0.2, 0) is 12.8 Å². The first-order chi connectivity index (χ1) is 7.29. The Labute approximate surface area is 91.7 Å². The van der Waals surface area contributed by atoms with Gasteiger partial charge in [-0.15, -0.1) is 0 Å². The normalized spacial score (nSPS) is 17.1. The SMILES string of the molecule is CCCCC1(C#N)Cc2ccccc2C1. The van der Waals surface area contributed by atoms with Crippen molar-refractivity contribution in [3.63, 3.8) is 0 Å². The molecule has 1 aromatic carbocycles. The van der Waals surface area contributed by atoms with Gasteiger partial charge in [-0.2, -0.15) is 5.26 Å². The van der Waals surface area contributed by atoms with Gasteiger partial charge in [-0.1, -0.05) is 44.0 Å². The molecule has 0 N–H and O–H groups in total. The van der Waals surface area contributed by atoms with Crippen molar-refractivity contribution in [1.82, 2.24) is 0 Å². The zero-order valence-electron chi connectivity index (χ0n) is 9.29. The number of hydrogen-bond acceptors (Lipinski definition) is 1. The van der Waals surface area contributed by atoms with Crippen LogP contribution in [0.5, 0.6) is 0 Å². The van der Waals surface area contributed by atoms with E-state index in [1.165, 1.54) is 24.0 Å². The van der Waals surface area contributed by atoms with Crippen LogP contribution in [0.1, 0.15) is 37.3 Å². The lowest BCUT2D eigenvalue weighted by Crippen LogP contribution is -2.18. The molecule has 1 heteroatoms. The van der Waals surface area contributed by atoms with Crippen LogP contribution in [0.3, 0.4) is 0 Å². The Morgan fingerprint density at radius 2 is 1.87 bits per heavy atom. The fourth-order valence-corrected chi connectivity index (χ4v) is 2.52. The van der Waals surface area contributed by atoms with Gasteiger partial charge in [0.1, 0.15) is 0 Å². The number of unbranched alkanes of at least 4 members (excludes halogenated alkanes) is 1. The first-order valence-corrected chi connectivity index (χ1v) is 5.78. The molecule has 0 bridgehead atoms. The Kier molecular flexibility index (Phi) is 2.77. The van der Waals surface area contributed by atoms with E-state index in [0.29, 0.717) is 0 Å². The quantitative estimate of drug-likeness (QED) is 0.731. The summed E-state index contributed by atoms with van der Waals surface area (Å²) in [6, 6.07) is 11.0. The zero-order valence-corrected chi connectivity index (χ0v) is 9.29. The minimum absolute atomic E-state index is 0.0975. The van der Waals surface area contributed by atoms with Gasteiger partial charge in [0.05, 0.1) is 11.5 Å². The Morgan fingerprint density at radius 1 is 1.27 bits per heavy atom. The van der Waals surface area contributed by atoms with Crippen LogP contribution in [0.4, 0.5) is 0 Å². The third-order valence-corrected chi connectivity index (χ3v) is 3.42. The summed E-state index contributed by atoms with van der Waals surface area (Å²) in [4.78, 5) is 0. The summed E-state index contributed by atoms with van der Waals surface area (Å²) in [7, 11) is 0. The molecule has 1 aliphatic rings. The monoisotopic (exact) mass is 199 g/mol. The number of nitrogens with zero attached hydrogens (tertiary/aromatic N) is 1. The highest BCUT2D eigenvalue weighted by molar-refractivity contribution is 5.36. The number of benzene rings is 1. The summed E-state index contributed by atoms with van der Waals surface area (Å²) >= 11 is 0. The predicted octanol–water partition coefficient (Wildman–Crippen LogP) is 3.49. The summed E-state index contributed by atoms with van der Waals surface area (Å²) in [6.07, 6.45) is 5.31. The summed E-state index contributed by atoms with van der Waals surface area (Å²) in [5.74, 6) is 0. The third-order valence-electron chi connectivity index (χ3n) is 3.42. The van der Waals surface area contributed by atoms with Crippen molar-refractivity contribution in [2.45, 2.75) is 39.0 Å². The van der Waals surface area contributed by atoms with E-state index in [1.54, 1.807) is 0 Å². The smallest absolute Gasteiger partial charge is 0.0696 e. The second-order valence-corrected chi connectivity index (χ2v) is 4.62. The molecule has 0 radical (unpaired) electrons. The molecular weight excluding hydrogens is 182 g/mol. The van der Waals surface area contributed by atoms with Crippen molar-refractivity contribution in [1.29, 1.82) is 5.26 Å². The molecule has 2 rings (SSSR count). The summed E-state index contributed by atoms with van der Waals surface area (Å²) in [5.41, 5.74) is 2.67. The number of fused-ring (bicyclic) bond motifs is 1. The summed E-state index contributed by atoms with van der Waals surface area (Å²) in [6.45, 7) is 2.19. The molecule has 0 atom stereocenters. The molecule has 0 aromatic heterocycles. The molecule has 0 saturated carbocycles. The van der Waals surface area contributed by atoms with Crippen LogP contribution in [0.25, 0.3) is 0 Å². The fourth-order valence-electron chi connectivity index (χ4n) is 2.52. The lowest BCUT2D eigenvalue weighted by molar-refractivity contribution is 0.371. The summed E-state index contributed by atoms with van der Waals surface area (Å²) < 4.78 is 0. The number of nitriles is 1. The highest BCUT2D eigenvalue weighted by atomic mass is 14.4. The Hall–Kier alpha value is -1.29. The number of hydrogen-bond donors (Lipinski definition) is 0. The second-order valence-electron chi connectivity index (χ2n) is 4.62. The fraction of sp³-hybridized carbons (Fsp3) is 0.500. The maximum atomic E-state index is 9.37. The van der Waals surface area contributed by atoms with E-state index in [0.717, 1.165) is 19.3 Å². The van der Waals surface area contributed by atoms with Gasteiger partial charge in [0.25, 0.3) is 0 Å². The first kappa shape index (κ1) is 10.2. The summed E-state index contributed by atoms with van der Waals surface area (Å²) in [5, 5.41) is 9.37. The van der Waals surface area contributed by atoms with Gasteiger partial charge in [-0.3, -0.25) is 0 Å². The van der Waals surface area contributed by atoms with Gasteiger partial charge >= 0.3 is 0 Å². The predicted molar refractivity (Wildman–Crippen MR) is 61.4 cm³/mol. The molecule has 78 valence electrons. The van der Waals surface area contributed by atoms with Crippen molar-refractivity contribution in [2.24, 2.45) is 5.41 Å². The van der Waals surface area contributed by atoms with Crippen LogP contribution in [0.2, 0.25) is 0 Å². The minimum Gasteiger partial charge on any atom is -0.198 e. The van der Waals surface area contributed by atoms with Crippen molar-refractivity contribution >= 4 is 0 Å². The van der Waals surface area contributed by atoms with Crippen molar-refractivity contribution in [3.8, 4) is 6.07 Å². The Bertz CT molecular complexity index is 362. The number of rotatable bonds is 3. The average Bonchev–Trinajstić information content (AvgIpc) is 2.65. The van der Waals surface area contributed by atoms with E-state index in [2.05, 4.69) is 37.3 Å². The molecule has 0 aliphatic heterocycles. The lowest BCUT2D eigenvalue weighted by Gasteiger charge is -2.19. The van der Waals surface area contributed by atoms with E-state index in [9.17, 15) is 5.26 Å². The van der Waals surface area contributed by atoms with E-state index in [-0.39, 0.29) is 5.41 Å². The molecule has 1 aromatic rings. The van der Waals surface area contributed by atoms with Crippen molar-refractivity contribution in [3.05, 3.63) is 35.4 Å². The van der Waals surface area contributed by atoms with E-state index in [1.807, 2.05) is 0 Å². The van der Waals surface area contributed by atoms with Crippen LogP contribution < -0.4 is 0 Å². The van der Waals surface area contributed by atoms with Crippen LogP contribution in [0.15, 0.2) is 24.3 Å². The first-order valence-electron chi connectivity index (χ1n) is 5.78. The highest BCUT2D eigenvalue weighted by Crippen LogP contribution is 2.40. The molecule has 0 heterocycles.